The number of hydrogen-bond acceptors (Lipinski definition) is 3. The molecule has 0 fully saturated rings. The number of hydrogen-bond donors (Lipinski definition) is 0. The van der Waals surface area contributed by atoms with E-state index in [1.165, 1.54) is 0 Å². The predicted octanol–water partition coefficient (Wildman–Crippen LogP) is 3.00. The maximum Gasteiger partial charge on any atom is 0.338 e. The average molecular weight is 299 g/mol. The molecule has 0 spiro atoms. The Bertz CT molecular complexity index is 402. The van der Waals surface area contributed by atoms with Gasteiger partial charge in [-0.3, -0.25) is 4.79 Å². The molecular weight excluding hydrogens is 284 g/mol. The summed E-state index contributed by atoms with van der Waals surface area (Å²) in [7, 11) is 0. The second-order valence-electron chi connectivity index (χ2n) is 3.54. The number of esters is 1. The van der Waals surface area contributed by atoms with Gasteiger partial charge in [0.1, 0.15) is 6.29 Å². The van der Waals surface area contributed by atoms with Crippen LogP contribution in [0.1, 0.15) is 39.6 Å². The molecule has 0 saturated carbocycles. The molecule has 4 heteroatoms. The van der Waals surface area contributed by atoms with Gasteiger partial charge in [-0.25, -0.2) is 4.79 Å². The van der Waals surface area contributed by atoms with Crippen LogP contribution in [0.3, 0.4) is 0 Å². The molecule has 0 aromatic heterocycles. The molecule has 0 bridgehead atoms. The smallest absolute Gasteiger partial charge is 0.338 e. The number of carbonyl (C=O) groups is 2. The highest BCUT2D eigenvalue weighted by Gasteiger charge is 2.09. The molecule has 0 atom stereocenters. The molecule has 17 heavy (non-hydrogen) atoms. The maximum absolute atomic E-state index is 11.6. The summed E-state index contributed by atoms with van der Waals surface area (Å²) in [6.45, 7) is 2.12. The van der Waals surface area contributed by atoms with Gasteiger partial charge in [0, 0.05) is 10.9 Å². The van der Waals surface area contributed by atoms with Gasteiger partial charge in [-0.2, -0.15) is 0 Å². The molecule has 1 aromatic rings. The molecular formula is C13H15BrO3. The van der Waals surface area contributed by atoms with Crippen LogP contribution in [0.4, 0.5) is 0 Å². The number of benzene rings is 1. The van der Waals surface area contributed by atoms with Crippen LogP contribution in [0.25, 0.3) is 0 Å². The Labute approximate surface area is 109 Å². The molecule has 92 valence electrons. The van der Waals surface area contributed by atoms with Gasteiger partial charge in [-0.15, -0.1) is 0 Å². The van der Waals surface area contributed by atoms with E-state index < -0.39 is 0 Å². The highest BCUT2D eigenvalue weighted by molar-refractivity contribution is 9.09. The Kier molecular flexibility index (Phi) is 5.91. The lowest BCUT2D eigenvalue weighted by Gasteiger charge is -2.07. The first-order valence-electron chi connectivity index (χ1n) is 5.54. The predicted molar refractivity (Wildman–Crippen MR) is 69.9 cm³/mol. The molecule has 0 aliphatic carbocycles. The summed E-state index contributed by atoms with van der Waals surface area (Å²) in [5, 5.41) is 0.870. The van der Waals surface area contributed by atoms with Crippen molar-refractivity contribution in [2.24, 2.45) is 0 Å². The van der Waals surface area contributed by atoms with Gasteiger partial charge >= 0.3 is 5.97 Å². The Balaban J connectivity index is 2.95. The molecule has 0 amide bonds. The number of rotatable bonds is 6. The quantitative estimate of drug-likeness (QED) is 0.461. The maximum atomic E-state index is 11.6. The molecule has 0 radical (unpaired) electrons. The summed E-state index contributed by atoms with van der Waals surface area (Å²) >= 11 is 3.35. The van der Waals surface area contributed by atoms with E-state index in [4.69, 9.17) is 4.74 Å². The lowest BCUT2D eigenvalue weighted by molar-refractivity contribution is 0.0526. The van der Waals surface area contributed by atoms with Gasteiger partial charge in [0.2, 0.25) is 0 Å². The van der Waals surface area contributed by atoms with E-state index in [2.05, 4.69) is 15.9 Å². The van der Waals surface area contributed by atoms with Gasteiger partial charge in [0.15, 0.2) is 0 Å². The standard InChI is InChI=1S/C13H15BrO3/c1-2-17-13(16)11-5-6-12(9-15)10(8-11)4-3-7-14/h5-6,8-9H,2-4,7H2,1H3. The van der Waals surface area contributed by atoms with Crippen molar-refractivity contribution in [3.8, 4) is 0 Å². The number of aryl methyl sites for hydroxylation is 1. The van der Waals surface area contributed by atoms with Crippen LogP contribution >= 0.6 is 15.9 Å². The number of carbonyl (C=O) groups excluding carboxylic acids is 2. The Morgan fingerprint density at radius 2 is 2.24 bits per heavy atom. The third-order valence-electron chi connectivity index (χ3n) is 2.36. The van der Waals surface area contributed by atoms with Crippen molar-refractivity contribution in [1.29, 1.82) is 0 Å². The number of alkyl halides is 1. The monoisotopic (exact) mass is 298 g/mol. The molecule has 3 nitrogen and oxygen atoms in total. The average Bonchev–Trinajstić information content (AvgIpc) is 2.36. The van der Waals surface area contributed by atoms with Crippen LogP contribution in [-0.4, -0.2) is 24.2 Å². The Morgan fingerprint density at radius 3 is 2.82 bits per heavy atom. The summed E-state index contributed by atoms with van der Waals surface area (Å²) in [6, 6.07) is 5.03. The van der Waals surface area contributed by atoms with E-state index in [9.17, 15) is 9.59 Å². The van der Waals surface area contributed by atoms with Crippen LogP contribution in [0.2, 0.25) is 0 Å². The Morgan fingerprint density at radius 1 is 1.47 bits per heavy atom. The highest BCUT2D eigenvalue weighted by Crippen LogP contribution is 2.14. The van der Waals surface area contributed by atoms with E-state index >= 15 is 0 Å². The van der Waals surface area contributed by atoms with Gasteiger partial charge in [-0.1, -0.05) is 22.0 Å². The number of aldehydes is 1. The normalized spacial score (nSPS) is 10.0. The zero-order valence-corrected chi connectivity index (χ0v) is 11.3. The van der Waals surface area contributed by atoms with Gasteiger partial charge < -0.3 is 4.74 Å². The molecule has 0 aliphatic heterocycles. The third kappa shape index (κ3) is 3.97. The van der Waals surface area contributed by atoms with Crippen molar-refractivity contribution in [1.82, 2.24) is 0 Å². The number of ether oxygens (including phenoxy) is 1. The van der Waals surface area contributed by atoms with Gasteiger partial charge in [0.05, 0.1) is 12.2 Å². The largest absolute Gasteiger partial charge is 0.462 e. The minimum absolute atomic E-state index is 0.343. The van der Waals surface area contributed by atoms with Crippen LogP contribution < -0.4 is 0 Å². The molecule has 0 heterocycles. The van der Waals surface area contributed by atoms with Crippen LogP contribution in [0, 0.1) is 0 Å². The van der Waals surface area contributed by atoms with Crippen molar-refractivity contribution in [3.05, 3.63) is 34.9 Å². The Hall–Kier alpha value is -1.16. The third-order valence-corrected chi connectivity index (χ3v) is 2.92. The van der Waals surface area contributed by atoms with Crippen molar-refractivity contribution >= 4 is 28.2 Å². The summed E-state index contributed by atoms with van der Waals surface area (Å²) in [5.41, 5.74) is 2.03. The summed E-state index contributed by atoms with van der Waals surface area (Å²) in [6.07, 6.45) is 2.51. The van der Waals surface area contributed by atoms with Gasteiger partial charge in [-0.05, 0) is 37.5 Å². The van der Waals surface area contributed by atoms with Gasteiger partial charge in [0.25, 0.3) is 0 Å². The van der Waals surface area contributed by atoms with E-state index in [0.29, 0.717) is 17.7 Å². The zero-order valence-electron chi connectivity index (χ0n) is 9.74. The first-order chi connectivity index (χ1) is 8.22. The second-order valence-corrected chi connectivity index (χ2v) is 4.34. The highest BCUT2D eigenvalue weighted by atomic mass is 79.9. The summed E-state index contributed by atoms with van der Waals surface area (Å²) in [5.74, 6) is -0.343. The SMILES string of the molecule is CCOC(=O)c1ccc(C=O)c(CCCBr)c1. The topological polar surface area (TPSA) is 43.4 Å². The van der Waals surface area contributed by atoms with E-state index in [1.54, 1.807) is 25.1 Å². The fraction of sp³-hybridized carbons (Fsp3) is 0.385. The summed E-state index contributed by atoms with van der Waals surface area (Å²) < 4.78 is 4.92. The van der Waals surface area contributed by atoms with Crippen LogP contribution in [0.5, 0.6) is 0 Å². The molecule has 1 rings (SSSR count). The van der Waals surface area contributed by atoms with Crippen molar-refractivity contribution in [3.63, 3.8) is 0 Å². The van der Waals surface area contributed by atoms with Crippen molar-refractivity contribution < 1.29 is 14.3 Å². The number of halogens is 1. The molecule has 0 N–H and O–H groups in total. The minimum atomic E-state index is -0.343. The molecule has 1 aromatic carbocycles. The first-order valence-corrected chi connectivity index (χ1v) is 6.66. The summed E-state index contributed by atoms with van der Waals surface area (Å²) in [4.78, 5) is 22.4. The first kappa shape index (κ1) is 13.9. The lowest BCUT2D eigenvalue weighted by Crippen LogP contribution is -2.06. The molecule has 0 aliphatic rings. The molecule has 0 unspecified atom stereocenters. The molecule has 0 saturated heterocycles. The second kappa shape index (κ2) is 7.22. The zero-order chi connectivity index (χ0) is 12.7. The minimum Gasteiger partial charge on any atom is -0.462 e. The van der Waals surface area contributed by atoms with Crippen molar-refractivity contribution in [2.75, 3.05) is 11.9 Å². The van der Waals surface area contributed by atoms with Crippen molar-refractivity contribution in [2.45, 2.75) is 19.8 Å². The van der Waals surface area contributed by atoms with E-state index in [0.717, 1.165) is 30.0 Å². The van der Waals surface area contributed by atoms with Crippen LogP contribution in [0.15, 0.2) is 18.2 Å². The fourth-order valence-electron chi connectivity index (χ4n) is 1.54. The van der Waals surface area contributed by atoms with Crippen LogP contribution in [-0.2, 0) is 11.2 Å². The fourth-order valence-corrected chi connectivity index (χ4v) is 1.82. The lowest BCUT2D eigenvalue weighted by atomic mass is 10.0. The van der Waals surface area contributed by atoms with E-state index in [1.807, 2.05) is 0 Å². The van der Waals surface area contributed by atoms with E-state index in [-0.39, 0.29) is 5.97 Å².